The van der Waals surface area contributed by atoms with Crippen molar-refractivity contribution in [3.8, 4) is 28.4 Å². The maximum absolute atomic E-state index is 12.9. The lowest BCUT2D eigenvalue weighted by molar-refractivity contribution is -0.918. The number of benzene rings is 2. The lowest BCUT2D eigenvalue weighted by atomic mass is 10.0. The lowest BCUT2D eigenvalue weighted by Crippen LogP contribution is -3.13. The minimum atomic E-state index is -0.505. The Hall–Kier alpha value is -3.03. The number of ether oxygens (including phenoxy) is 2. The van der Waals surface area contributed by atoms with Crippen molar-refractivity contribution in [3.63, 3.8) is 0 Å². The van der Waals surface area contributed by atoms with E-state index in [1.54, 1.807) is 50.6 Å². The van der Waals surface area contributed by atoms with Crippen LogP contribution < -0.4 is 25.1 Å². The third-order valence-electron chi connectivity index (χ3n) is 5.78. The van der Waals surface area contributed by atoms with Crippen molar-refractivity contribution in [3.05, 3.63) is 52.4 Å². The maximum atomic E-state index is 12.9. The van der Waals surface area contributed by atoms with Crippen molar-refractivity contribution < 1.29 is 23.9 Å². The van der Waals surface area contributed by atoms with Gasteiger partial charge in [-0.05, 0) is 31.3 Å². The van der Waals surface area contributed by atoms with Gasteiger partial charge in [-0.15, -0.1) is 0 Å². The largest absolute Gasteiger partial charge is 0.872 e. The van der Waals surface area contributed by atoms with E-state index in [1.807, 2.05) is 0 Å². The fourth-order valence-corrected chi connectivity index (χ4v) is 3.97. The normalized spacial score (nSPS) is 15.4. The average Bonchev–Trinajstić information content (AvgIpc) is 2.76. The van der Waals surface area contributed by atoms with E-state index >= 15 is 0 Å². The Bertz CT molecular complexity index is 1120. The van der Waals surface area contributed by atoms with E-state index < -0.39 is 5.63 Å². The number of piperazine rings is 1. The Kier molecular flexibility index (Phi) is 5.65. The maximum Gasteiger partial charge on any atom is 0.344 e. The van der Waals surface area contributed by atoms with Gasteiger partial charge in [0.1, 0.15) is 23.6 Å². The molecule has 2 aromatic carbocycles. The molecule has 30 heavy (non-hydrogen) atoms. The van der Waals surface area contributed by atoms with Crippen LogP contribution in [0.5, 0.6) is 17.2 Å². The van der Waals surface area contributed by atoms with Crippen LogP contribution in [0, 0.1) is 0 Å². The monoisotopic (exact) mass is 410 g/mol. The number of nitrogens with one attached hydrogen (secondary N) is 1. The molecule has 0 radical (unpaired) electrons. The Morgan fingerprint density at radius 3 is 2.53 bits per heavy atom. The van der Waals surface area contributed by atoms with Crippen LogP contribution in [0.1, 0.15) is 5.56 Å². The summed E-state index contributed by atoms with van der Waals surface area (Å²) in [6, 6.07) is 10.3. The first kappa shape index (κ1) is 20.3. The third kappa shape index (κ3) is 3.86. The highest BCUT2D eigenvalue weighted by molar-refractivity contribution is 5.86. The lowest BCUT2D eigenvalue weighted by Gasteiger charge is -2.30. The molecule has 0 spiro atoms. The number of quaternary nitrogens is 1. The van der Waals surface area contributed by atoms with Crippen LogP contribution in [0.4, 0.5) is 0 Å². The van der Waals surface area contributed by atoms with Crippen LogP contribution in [0.25, 0.3) is 22.1 Å². The second kappa shape index (κ2) is 8.38. The van der Waals surface area contributed by atoms with E-state index in [4.69, 9.17) is 13.9 Å². The third-order valence-corrected chi connectivity index (χ3v) is 5.78. The molecular formula is C23H26N2O5. The van der Waals surface area contributed by atoms with E-state index in [0.29, 0.717) is 40.3 Å². The van der Waals surface area contributed by atoms with Crippen LogP contribution in [0.15, 0.2) is 45.6 Å². The highest BCUT2D eigenvalue weighted by atomic mass is 16.5. The van der Waals surface area contributed by atoms with Gasteiger partial charge in [0.2, 0.25) is 0 Å². The first-order valence-corrected chi connectivity index (χ1v) is 10.0. The number of methoxy groups -OCH3 is 2. The van der Waals surface area contributed by atoms with Gasteiger partial charge in [-0.3, -0.25) is 4.90 Å². The molecule has 0 atom stereocenters. The van der Waals surface area contributed by atoms with Gasteiger partial charge in [-0.2, -0.15) is 0 Å². The van der Waals surface area contributed by atoms with Crippen molar-refractivity contribution in [1.29, 1.82) is 0 Å². The van der Waals surface area contributed by atoms with Crippen LogP contribution in [0.2, 0.25) is 0 Å². The van der Waals surface area contributed by atoms with E-state index in [-0.39, 0.29) is 5.75 Å². The Morgan fingerprint density at radius 1 is 1.07 bits per heavy atom. The molecule has 1 aliphatic rings. The fourth-order valence-electron chi connectivity index (χ4n) is 3.97. The molecule has 3 aromatic rings. The van der Waals surface area contributed by atoms with Gasteiger partial charge in [0.05, 0.1) is 32.9 Å². The predicted octanol–water partition coefficient (Wildman–Crippen LogP) is 0.881. The van der Waals surface area contributed by atoms with Gasteiger partial charge < -0.3 is 23.9 Å². The SMILES string of the molecule is COc1ccc(OC)c(-c2cc3ccc([O-])c(C[NH+]4CCN(C)CC4)c3oc2=O)c1. The first-order chi connectivity index (χ1) is 14.5. The molecule has 2 heterocycles. The summed E-state index contributed by atoms with van der Waals surface area (Å²) in [7, 11) is 5.22. The van der Waals surface area contributed by atoms with Crippen molar-refractivity contribution >= 4 is 11.0 Å². The van der Waals surface area contributed by atoms with Crippen molar-refractivity contribution in [2.24, 2.45) is 0 Å². The van der Waals surface area contributed by atoms with Gasteiger partial charge in [-0.25, -0.2) is 4.79 Å². The molecule has 1 N–H and O–H groups in total. The predicted molar refractivity (Wildman–Crippen MR) is 112 cm³/mol. The fraction of sp³-hybridized carbons (Fsp3) is 0.348. The van der Waals surface area contributed by atoms with Crippen molar-refractivity contribution in [2.45, 2.75) is 6.54 Å². The molecule has 0 bridgehead atoms. The van der Waals surface area contributed by atoms with Crippen LogP contribution in [0.3, 0.4) is 0 Å². The van der Waals surface area contributed by atoms with E-state index in [2.05, 4.69) is 11.9 Å². The Labute approximate surface area is 175 Å². The number of rotatable bonds is 5. The van der Waals surface area contributed by atoms with E-state index in [1.165, 1.54) is 4.90 Å². The molecule has 1 aromatic heterocycles. The summed E-state index contributed by atoms with van der Waals surface area (Å²) in [5, 5.41) is 13.3. The smallest absolute Gasteiger partial charge is 0.344 e. The molecule has 0 amide bonds. The topological polar surface area (TPSA) is 79.4 Å². The van der Waals surface area contributed by atoms with Gasteiger partial charge in [0.25, 0.3) is 0 Å². The first-order valence-electron chi connectivity index (χ1n) is 10.0. The van der Waals surface area contributed by atoms with Crippen molar-refractivity contribution in [2.75, 3.05) is 47.4 Å². The summed E-state index contributed by atoms with van der Waals surface area (Å²) >= 11 is 0. The highest BCUT2D eigenvalue weighted by Crippen LogP contribution is 2.34. The quantitative estimate of drug-likeness (QED) is 0.629. The zero-order valence-electron chi connectivity index (χ0n) is 17.5. The molecule has 1 saturated heterocycles. The van der Waals surface area contributed by atoms with Crippen LogP contribution >= 0.6 is 0 Å². The zero-order valence-corrected chi connectivity index (χ0v) is 17.5. The standard InChI is InChI=1S/C23H26N2O5/c1-24-8-10-25(11-9-24)14-19-20(26)6-4-15-12-18(23(27)30-22(15)19)17-13-16(28-2)5-7-21(17)29-3/h4-7,12-13,26H,8-11,14H2,1-3H3. The summed E-state index contributed by atoms with van der Waals surface area (Å²) in [6.07, 6.45) is 0. The number of likely N-dealkylation sites (N-methyl/N-ethyl adjacent to an activating group) is 1. The zero-order chi connectivity index (χ0) is 21.3. The minimum Gasteiger partial charge on any atom is -0.872 e. The van der Waals surface area contributed by atoms with Crippen molar-refractivity contribution in [1.82, 2.24) is 4.90 Å². The highest BCUT2D eigenvalue weighted by Gasteiger charge is 2.21. The molecule has 7 nitrogen and oxygen atoms in total. The molecule has 1 aliphatic heterocycles. The van der Waals surface area contributed by atoms with Gasteiger partial charge in [0.15, 0.2) is 0 Å². The van der Waals surface area contributed by atoms with Gasteiger partial charge in [-0.1, -0.05) is 17.9 Å². The second-order valence-corrected chi connectivity index (χ2v) is 7.70. The molecule has 0 unspecified atom stereocenters. The molecule has 4 rings (SSSR count). The second-order valence-electron chi connectivity index (χ2n) is 7.70. The number of hydrogen-bond acceptors (Lipinski definition) is 6. The summed E-state index contributed by atoms with van der Waals surface area (Å²) in [4.78, 5) is 16.5. The molecule has 0 aliphatic carbocycles. The molecule has 7 heteroatoms. The van der Waals surface area contributed by atoms with E-state index in [9.17, 15) is 9.90 Å². The van der Waals surface area contributed by atoms with Crippen LogP contribution in [-0.4, -0.2) is 52.3 Å². The van der Waals surface area contributed by atoms with Gasteiger partial charge in [0, 0.05) is 29.6 Å². The molecule has 1 fully saturated rings. The molecule has 0 saturated carbocycles. The summed E-state index contributed by atoms with van der Waals surface area (Å²) in [5.41, 5.74) is 1.40. The Balaban J connectivity index is 1.79. The minimum absolute atomic E-state index is 0.0937. The van der Waals surface area contributed by atoms with Gasteiger partial charge >= 0.3 is 5.63 Å². The number of hydrogen-bond donors (Lipinski definition) is 1. The summed E-state index contributed by atoms with van der Waals surface area (Å²) in [5.74, 6) is 1.06. The summed E-state index contributed by atoms with van der Waals surface area (Å²) < 4.78 is 16.4. The Morgan fingerprint density at radius 2 is 1.83 bits per heavy atom. The summed E-state index contributed by atoms with van der Waals surface area (Å²) in [6.45, 7) is 4.43. The molecular weight excluding hydrogens is 384 g/mol. The van der Waals surface area contributed by atoms with E-state index in [0.717, 1.165) is 31.6 Å². The van der Waals surface area contributed by atoms with Crippen LogP contribution in [-0.2, 0) is 6.54 Å². The molecule has 158 valence electrons. The number of nitrogens with zero attached hydrogens (tertiary/aromatic N) is 1. The average molecular weight is 410 g/mol. The number of fused-ring (bicyclic) bond motifs is 1.